The number of aromatic nitrogens is 1. The van der Waals surface area contributed by atoms with Crippen LogP contribution in [0.4, 0.5) is 5.82 Å². The molecule has 0 bridgehead atoms. The van der Waals surface area contributed by atoms with Crippen LogP contribution in [0.1, 0.15) is 29.0 Å². The molecule has 1 atom stereocenters. The maximum atomic E-state index is 12.2. The van der Waals surface area contributed by atoms with Crippen LogP contribution in [-0.2, 0) is 0 Å². The van der Waals surface area contributed by atoms with Gasteiger partial charge in [0.15, 0.2) is 11.5 Å². The zero-order chi connectivity index (χ0) is 15.5. The molecule has 6 nitrogen and oxygen atoms in total. The van der Waals surface area contributed by atoms with Crippen molar-refractivity contribution in [2.45, 2.75) is 13.1 Å². The van der Waals surface area contributed by atoms with Gasteiger partial charge in [0.05, 0.1) is 19.3 Å². The molecule has 0 fully saturated rings. The SMILES string of the molecule is CCOc1cc([C@H]2NC(=O)c3cccnc3N2)ccc1OC. The van der Waals surface area contributed by atoms with E-state index >= 15 is 0 Å². The smallest absolute Gasteiger partial charge is 0.256 e. The average molecular weight is 299 g/mol. The van der Waals surface area contributed by atoms with Gasteiger partial charge >= 0.3 is 0 Å². The minimum atomic E-state index is -0.361. The fraction of sp³-hybridized carbons (Fsp3) is 0.250. The predicted molar refractivity (Wildman–Crippen MR) is 82.2 cm³/mol. The molecule has 6 heteroatoms. The highest BCUT2D eigenvalue weighted by molar-refractivity contribution is 6.00. The maximum Gasteiger partial charge on any atom is 0.256 e. The third kappa shape index (κ3) is 2.55. The molecular formula is C16H17N3O3. The molecule has 0 saturated carbocycles. The van der Waals surface area contributed by atoms with Gasteiger partial charge in [0, 0.05) is 6.20 Å². The molecule has 0 saturated heterocycles. The minimum Gasteiger partial charge on any atom is -0.493 e. The van der Waals surface area contributed by atoms with Crippen LogP contribution in [0, 0.1) is 0 Å². The second-order valence-corrected chi connectivity index (χ2v) is 4.79. The number of methoxy groups -OCH3 is 1. The van der Waals surface area contributed by atoms with Crippen LogP contribution in [0.3, 0.4) is 0 Å². The van der Waals surface area contributed by atoms with Gasteiger partial charge in [-0.2, -0.15) is 0 Å². The van der Waals surface area contributed by atoms with Gasteiger partial charge in [0.1, 0.15) is 12.0 Å². The average Bonchev–Trinajstić information content (AvgIpc) is 2.55. The van der Waals surface area contributed by atoms with E-state index in [0.29, 0.717) is 29.5 Å². The van der Waals surface area contributed by atoms with Gasteiger partial charge in [0.2, 0.25) is 0 Å². The molecule has 1 aliphatic heterocycles. The number of fused-ring (bicyclic) bond motifs is 1. The molecule has 0 radical (unpaired) electrons. The molecule has 0 aliphatic carbocycles. The number of hydrogen-bond acceptors (Lipinski definition) is 5. The first-order valence-electron chi connectivity index (χ1n) is 7.06. The van der Waals surface area contributed by atoms with E-state index < -0.39 is 0 Å². The van der Waals surface area contributed by atoms with Crippen molar-refractivity contribution in [2.24, 2.45) is 0 Å². The Balaban J connectivity index is 1.92. The number of nitrogens with zero attached hydrogens (tertiary/aromatic N) is 1. The third-order valence-electron chi connectivity index (χ3n) is 3.43. The highest BCUT2D eigenvalue weighted by Crippen LogP contribution is 2.32. The summed E-state index contributed by atoms with van der Waals surface area (Å²) in [5.41, 5.74) is 1.41. The maximum absolute atomic E-state index is 12.2. The fourth-order valence-corrected chi connectivity index (χ4v) is 2.39. The van der Waals surface area contributed by atoms with Crippen molar-refractivity contribution < 1.29 is 14.3 Å². The molecular weight excluding hydrogens is 282 g/mol. The Morgan fingerprint density at radius 1 is 1.23 bits per heavy atom. The summed E-state index contributed by atoms with van der Waals surface area (Å²) in [5.74, 6) is 1.72. The molecule has 114 valence electrons. The fourth-order valence-electron chi connectivity index (χ4n) is 2.39. The van der Waals surface area contributed by atoms with E-state index in [-0.39, 0.29) is 12.1 Å². The summed E-state index contributed by atoms with van der Waals surface area (Å²) in [4.78, 5) is 16.4. The first-order chi connectivity index (χ1) is 10.7. The van der Waals surface area contributed by atoms with Crippen LogP contribution >= 0.6 is 0 Å². The Kier molecular flexibility index (Phi) is 3.82. The summed E-state index contributed by atoms with van der Waals surface area (Å²) in [6, 6.07) is 9.03. The molecule has 0 unspecified atom stereocenters. The van der Waals surface area contributed by atoms with Gasteiger partial charge in [0.25, 0.3) is 5.91 Å². The molecule has 2 N–H and O–H groups in total. The second kappa shape index (κ2) is 5.93. The lowest BCUT2D eigenvalue weighted by Crippen LogP contribution is -2.38. The number of carbonyl (C=O) groups is 1. The van der Waals surface area contributed by atoms with E-state index in [9.17, 15) is 4.79 Å². The zero-order valence-electron chi connectivity index (χ0n) is 12.4. The van der Waals surface area contributed by atoms with Crippen molar-refractivity contribution >= 4 is 11.7 Å². The standard InChI is InChI=1S/C16H17N3O3/c1-3-22-13-9-10(6-7-12(13)21-2)14-18-15-11(16(20)19-14)5-4-8-17-15/h4-9,14H,3H2,1-2H3,(H,17,18)(H,19,20)/t14-/m1/s1. The van der Waals surface area contributed by atoms with E-state index in [1.54, 1.807) is 25.4 Å². The lowest BCUT2D eigenvalue weighted by molar-refractivity contribution is 0.0935. The zero-order valence-corrected chi connectivity index (χ0v) is 12.4. The van der Waals surface area contributed by atoms with Crippen molar-refractivity contribution in [1.82, 2.24) is 10.3 Å². The van der Waals surface area contributed by atoms with Crippen LogP contribution in [-0.4, -0.2) is 24.6 Å². The highest BCUT2D eigenvalue weighted by atomic mass is 16.5. The molecule has 1 aromatic heterocycles. The summed E-state index contributed by atoms with van der Waals surface area (Å²) < 4.78 is 10.8. The Bertz CT molecular complexity index is 703. The molecule has 0 spiro atoms. The first kappa shape index (κ1) is 14.2. The second-order valence-electron chi connectivity index (χ2n) is 4.79. The number of carbonyl (C=O) groups excluding carboxylic acids is 1. The van der Waals surface area contributed by atoms with Gasteiger partial charge in [-0.05, 0) is 36.8 Å². The molecule has 1 amide bonds. The van der Waals surface area contributed by atoms with E-state index in [1.165, 1.54) is 0 Å². The van der Waals surface area contributed by atoms with E-state index in [2.05, 4.69) is 15.6 Å². The first-order valence-corrected chi connectivity index (χ1v) is 7.06. The number of amides is 1. The topological polar surface area (TPSA) is 72.5 Å². The third-order valence-corrected chi connectivity index (χ3v) is 3.43. The summed E-state index contributed by atoms with van der Waals surface area (Å²) in [7, 11) is 1.60. The number of benzene rings is 1. The Morgan fingerprint density at radius 3 is 2.86 bits per heavy atom. The summed E-state index contributed by atoms with van der Waals surface area (Å²) in [5, 5.41) is 6.12. The van der Waals surface area contributed by atoms with Gasteiger partial charge in [-0.3, -0.25) is 4.79 Å². The van der Waals surface area contributed by atoms with E-state index in [1.807, 2.05) is 25.1 Å². The number of nitrogens with one attached hydrogen (secondary N) is 2. The molecule has 2 aromatic rings. The monoisotopic (exact) mass is 299 g/mol. The van der Waals surface area contributed by atoms with Crippen LogP contribution < -0.4 is 20.1 Å². The van der Waals surface area contributed by atoms with Crippen molar-refractivity contribution in [2.75, 3.05) is 19.0 Å². The highest BCUT2D eigenvalue weighted by Gasteiger charge is 2.25. The summed E-state index contributed by atoms with van der Waals surface area (Å²) in [6.07, 6.45) is 1.29. The summed E-state index contributed by atoms with van der Waals surface area (Å²) >= 11 is 0. The van der Waals surface area contributed by atoms with Crippen molar-refractivity contribution in [1.29, 1.82) is 0 Å². The minimum absolute atomic E-state index is 0.152. The lowest BCUT2D eigenvalue weighted by atomic mass is 10.1. The van der Waals surface area contributed by atoms with Gasteiger partial charge < -0.3 is 20.1 Å². The number of rotatable bonds is 4. The quantitative estimate of drug-likeness (QED) is 0.906. The Morgan fingerprint density at radius 2 is 2.09 bits per heavy atom. The Labute approximate surface area is 128 Å². The molecule has 22 heavy (non-hydrogen) atoms. The molecule has 2 heterocycles. The van der Waals surface area contributed by atoms with Gasteiger partial charge in [-0.1, -0.05) is 6.07 Å². The predicted octanol–water partition coefficient (Wildman–Crippen LogP) is 2.34. The number of anilines is 1. The van der Waals surface area contributed by atoms with Crippen LogP contribution in [0.25, 0.3) is 0 Å². The number of pyridine rings is 1. The summed E-state index contributed by atoms with van der Waals surface area (Å²) in [6.45, 7) is 2.45. The molecule has 3 rings (SSSR count). The molecule has 1 aliphatic rings. The van der Waals surface area contributed by atoms with Gasteiger partial charge in [-0.15, -0.1) is 0 Å². The van der Waals surface area contributed by atoms with E-state index in [0.717, 1.165) is 5.56 Å². The van der Waals surface area contributed by atoms with Gasteiger partial charge in [-0.25, -0.2) is 4.98 Å². The van der Waals surface area contributed by atoms with Crippen LogP contribution in [0.5, 0.6) is 11.5 Å². The lowest BCUT2D eigenvalue weighted by Gasteiger charge is -2.27. The normalized spacial score (nSPS) is 16.3. The molecule has 1 aromatic carbocycles. The van der Waals surface area contributed by atoms with Crippen molar-refractivity contribution in [3.63, 3.8) is 0 Å². The number of hydrogen-bond donors (Lipinski definition) is 2. The van der Waals surface area contributed by atoms with Crippen LogP contribution in [0.15, 0.2) is 36.5 Å². The van der Waals surface area contributed by atoms with Crippen molar-refractivity contribution in [3.8, 4) is 11.5 Å². The van der Waals surface area contributed by atoms with Crippen molar-refractivity contribution in [3.05, 3.63) is 47.7 Å². The van der Waals surface area contributed by atoms with E-state index in [4.69, 9.17) is 9.47 Å². The van der Waals surface area contributed by atoms with Crippen LogP contribution in [0.2, 0.25) is 0 Å². The number of ether oxygens (including phenoxy) is 2. The largest absolute Gasteiger partial charge is 0.493 e. The Hall–Kier alpha value is -2.76.